The predicted molar refractivity (Wildman–Crippen MR) is 0 cm³/mol. The smallest absolute Gasteiger partial charge is 0 e. The van der Waals surface area contributed by atoms with Crippen molar-refractivity contribution >= 4 is 0 Å². The summed E-state index contributed by atoms with van der Waals surface area (Å²) in [5.41, 5.74) is 0. The minimum atomic E-state index is 0. The molecule has 2 radical (unpaired) electrons. The van der Waals surface area contributed by atoms with Gasteiger partial charge in [0.15, 0.2) is 0 Å². The fraction of sp³-hybridized carbons (Fsp3) is 0. The van der Waals surface area contributed by atoms with Gasteiger partial charge in [0.1, 0.15) is 0 Å². The first-order chi connectivity index (χ1) is 0. The van der Waals surface area contributed by atoms with Crippen molar-refractivity contribution in [1.29, 1.82) is 0 Å². The van der Waals surface area contributed by atoms with Crippen LogP contribution in [0.3, 0.4) is 0 Å². The summed E-state index contributed by atoms with van der Waals surface area (Å²) in [4.78, 5) is 0. The molecule has 0 aliphatic rings. The average Bonchev–Trinajstić information content (AvgIpc) is 0. The van der Waals surface area contributed by atoms with Gasteiger partial charge in [0, 0.05) is 73.2 Å². The third-order valence-electron chi connectivity index (χ3n) is 0. The van der Waals surface area contributed by atoms with Crippen molar-refractivity contribution < 1.29 is 73.2 Å². The van der Waals surface area contributed by atoms with Gasteiger partial charge in [-0.15, -0.1) is 0 Å². The molecule has 0 saturated heterocycles. The second kappa shape index (κ2) is 18.6. The van der Waals surface area contributed by atoms with Crippen molar-refractivity contribution in [3.8, 4) is 0 Å². The van der Waals surface area contributed by atoms with Crippen LogP contribution in [0.1, 0.15) is 0 Å². The standard InChI is InChI=1S/Cu.Mo.Ni.V. The van der Waals surface area contributed by atoms with Crippen LogP contribution in [0.15, 0.2) is 0 Å². The molecular formula is CuMoNiV. The van der Waals surface area contributed by atoms with Gasteiger partial charge in [-0.1, -0.05) is 0 Å². The van der Waals surface area contributed by atoms with Gasteiger partial charge in [0.05, 0.1) is 0 Å². The summed E-state index contributed by atoms with van der Waals surface area (Å²) in [6.07, 6.45) is 0. The zero-order valence-corrected chi connectivity index (χ0v) is 6.81. The molecule has 0 aliphatic heterocycles. The van der Waals surface area contributed by atoms with Gasteiger partial charge in [-0.25, -0.2) is 0 Å². The zero-order valence-electron chi connectivity index (χ0n) is 1.47. The molecule has 0 saturated carbocycles. The van der Waals surface area contributed by atoms with Crippen LogP contribution in [-0.4, -0.2) is 0 Å². The Morgan fingerprint density at radius 1 is 1.00 bits per heavy atom. The molecule has 32 valence electrons. The van der Waals surface area contributed by atoms with E-state index in [-0.39, 0.29) is 73.2 Å². The summed E-state index contributed by atoms with van der Waals surface area (Å²) in [6.45, 7) is 0. The molecule has 0 spiro atoms. The van der Waals surface area contributed by atoms with Crippen LogP contribution in [0.4, 0.5) is 0 Å². The molecule has 0 bridgehead atoms. The molecule has 0 N–H and O–H groups in total. The topological polar surface area (TPSA) is 0 Å². The van der Waals surface area contributed by atoms with Gasteiger partial charge in [0.25, 0.3) is 0 Å². The summed E-state index contributed by atoms with van der Waals surface area (Å²) in [6, 6.07) is 0. The Kier molecular flexibility index (Phi) is 156. The Hall–Kier alpha value is 2.29. The molecule has 0 aromatic carbocycles. The van der Waals surface area contributed by atoms with Gasteiger partial charge in [-0.3, -0.25) is 0 Å². The summed E-state index contributed by atoms with van der Waals surface area (Å²) in [5.74, 6) is 0. The monoisotopic (exact) mass is 270 g/mol. The quantitative estimate of drug-likeness (QED) is 0.543. The molecule has 4 heavy (non-hydrogen) atoms. The molecule has 0 atom stereocenters. The first-order valence-electron chi connectivity index (χ1n) is 0. The van der Waals surface area contributed by atoms with E-state index in [0.717, 1.165) is 0 Å². The van der Waals surface area contributed by atoms with Gasteiger partial charge < -0.3 is 0 Å². The van der Waals surface area contributed by atoms with E-state index in [1.54, 1.807) is 0 Å². The third-order valence-corrected chi connectivity index (χ3v) is 0. The number of hydrogen-bond donors (Lipinski definition) is 0. The minimum Gasteiger partial charge on any atom is 0 e. The average molecular weight is 269 g/mol. The van der Waals surface area contributed by atoms with Crippen LogP contribution in [-0.2, 0) is 73.2 Å². The minimum absolute atomic E-state index is 0. The van der Waals surface area contributed by atoms with E-state index in [9.17, 15) is 0 Å². The second-order valence-corrected chi connectivity index (χ2v) is 0. The first kappa shape index (κ1) is 33.6. The van der Waals surface area contributed by atoms with Crippen LogP contribution in [0.5, 0.6) is 0 Å². The van der Waals surface area contributed by atoms with Gasteiger partial charge in [-0.2, -0.15) is 0 Å². The van der Waals surface area contributed by atoms with Gasteiger partial charge in [0.2, 0.25) is 0 Å². The van der Waals surface area contributed by atoms with E-state index in [4.69, 9.17) is 0 Å². The first-order valence-corrected chi connectivity index (χ1v) is 0. The van der Waals surface area contributed by atoms with E-state index in [1.807, 2.05) is 0 Å². The fourth-order valence-electron chi connectivity index (χ4n) is 0. The molecule has 4 heteroatoms. The number of rotatable bonds is 0. The molecular weight excluding hydrogens is 269 g/mol. The van der Waals surface area contributed by atoms with Crippen molar-refractivity contribution in [2.24, 2.45) is 0 Å². The normalized spacial score (nSPS) is 0. The molecule has 0 aromatic rings. The van der Waals surface area contributed by atoms with Crippen LogP contribution >= 0.6 is 0 Å². The van der Waals surface area contributed by atoms with Crippen LogP contribution in [0.2, 0.25) is 0 Å². The zero-order chi connectivity index (χ0) is 0. The molecule has 0 aliphatic carbocycles. The largest absolute Gasteiger partial charge is 0 e. The van der Waals surface area contributed by atoms with E-state index in [0.29, 0.717) is 0 Å². The Balaban J connectivity index is 0. The van der Waals surface area contributed by atoms with Crippen LogP contribution in [0.25, 0.3) is 0 Å². The van der Waals surface area contributed by atoms with Crippen LogP contribution < -0.4 is 0 Å². The van der Waals surface area contributed by atoms with Gasteiger partial charge in [-0.05, 0) is 0 Å². The van der Waals surface area contributed by atoms with E-state index < -0.39 is 0 Å². The van der Waals surface area contributed by atoms with Crippen molar-refractivity contribution in [2.45, 2.75) is 0 Å². The molecule has 0 heterocycles. The Bertz CT molecular complexity index is 8.00. The Morgan fingerprint density at radius 2 is 1.00 bits per heavy atom. The maximum Gasteiger partial charge on any atom is 0 e. The maximum atomic E-state index is 0. The fourth-order valence-corrected chi connectivity index (χ4v) is 0. The predicted octanol–water partition coefficient (Wildman–Crippen LogP) is -0.0100. The Morgan fingerprint density at radius 3 is 1.00 bits per heavy atom. The second-order valence-electron chi connectivity index (χ2n) is 0. The van der Waals surface area contributed by atoms with Crippen molar-refractivity contribution in [3.63, 3.8) is 0 Å². The maximum absolute atomic E-state index is 0. The van der Waals surface area contributed by atoms with Gasteiger partial charge >= 0.3 is 0 Å². The summed E-state index contributed by atoms with van der Waals surface area (Å²) in [5, 5.41) is 0. The third kappa shape index (κ3) is 8.86. The summed E-state index contributed by atoms with van der Waals surface area (Å²) < 4.78 is 0. The molecule has 0 nitrogen and oxygen atoms in total. The van der Waals surface area contributed by atoms with Crippen molar-refractivity contribution in [1.82, 2.24) is 0 Å². The van der Waals surface area contributed by atoms with E-state index >= 15 is 0 Å². The van der Waals surface area contributed by atoms with E-state index in [2.05, 4.69) is 0 Å². The molecule has 0 amide bonds. The van der Waals surface area contributed by atoms with Crippen molar-refractivity contribution in [2.75, 3.05) is 0 Å². The molecule has 0 unspecified atom stereocenters. The molecule has 0 fully saturated rings. The van der Waals surface area contributed by atoms with Crippen LogP contribution in [0, 0.1) is 0 Å². The molecule has 0 rings (SSSR count). The molecule has 0 aromatic heterocycles. The summed E-state index contributed by atoms with van der Waals surface area (Å²) in [7, 11) is 0. The Labute approximate surface area is 72.4 Å². The van der Waals surface area contributed by atoms with Crippen molar-refractivity contribution in [3.05, 3.63) is 0 Å². The van der Waals surface area contributed by atoms with E-state index in [1.165, 1.54) is 0 Å². The summed E-state index contributed by atoms with van der Waals surface area (Å²) >= 11 is 0. The number of hydrogen-bond acceptors (Lipinski definition) is 0. The SMILES string of the molecule is [Cu].[Mo].[Ni].[V].